The average molecular weight is 455 g/mol. The first kappa shape index (κ1) is 22.2. The Balaban J connectivity index is 1.88. The summed E-state index contributed by atoms with van der Waals surface area (Å²) < 4.78 is 12.3. The van der Waals surface area contributed by atoms with Gasteiger partial charge in [-0.15, -0.1) is 0 Å². The van der Waals surface area contributed by atoms with Crippen LogP contribution < -0.4 is 10.1 Å². The molecule has 10 heteroatoms. The number of ether oxygens (including phenoxy) is 2. The minimum Gasteiger partial charge on any atom is -0.494 e. The first-order valence-electron chi connectivity index (χ1n) is 9.38. The van der Waals surface area contributed by atoms with Crippen LogP contribution in [0.2, 0.25) is 10.0 Å². The van der Waals surface area contributed by atoms with E-state index in [0.717, 1.165) is 11.3 Å². The number of aromatic nitrogens is 2. The number of benzene rings is 1. The van der Waals surface area contributed by atoms with Gasteiger partial charge < -0.3 is 19.7 Å². The smallest absolute Gasteiger partial charge is 0.410 e. The molecular weight excluding hydrogens is 431 g/mol. The molecule has 2 amide bonds. The van der Waals surface area contributed by atoms with Gasteiger partial charge in [0.1, 0.15) is 17.0 Å². The number of halogens is 2. The van der Waals surface area contributed by atoms with E-state index in [1.54, 1.807) is 22.7 Å². The number of carbonyl (C=O) groups is 2. The number of carbonyl (C=O) groups excluding carboxylic acids is 2. The fourth-order valence-electron chi connectivity index (χ4n) is 3.25. The van der Waals surface area contributed by atoms with Gasteiger partial charge in [0.2, 0.25) is 0 Å². The van der Waals surface area contributed by atoms with Gasteiger partial charge in [-0.3, -0.25) is 9.48 Å². The third-order valence-corrected chi connectivity index (χ3v) is 5.18. The average Bonchev–Trinajstić information content (AvgIpc) is 2.96. The predicted octanol–water partition coefficient (Wildman–Crippen LogP) is 4.28. The first-order chi connectivity index (χ1) is 14.0. The molecule has 3 rings (SSSR count). The summed E-state index contributed by atoms with van der Waals surface area (Å²) in [7, 11) is 3.14. The molecule has 30 heavy (non-hydrogen) atoms. The lowest BCUT2D eigenvalue weighted by molar-refractivity contribution is 0.0224. The van der Waals surface area contributed by atoms with E-state index in [0.29, 0.717) is 18.8 Å². The number of hydrogen-bond acceptors (Lipinski definition) is 5. The highest BCUT2D eigenvalue weighted by atomic mass is 35.5. The highest BCUT2D eigenvalue weighted by Gasteiger charge is 2.31. The molecular formula is C20H24Cl2N4O4. The zero-order valence-corrected chi connectivity index (χ0v) is 19.0. The number of nitrogens with zero attached hydrogens (tertiary/aromatic N) is 3. The Hall–Kier alpha value is -2.45. The van der Waals surface area contributed by atoms with Crippen LogP contribution in [0, 0.1) is 0 Å². The van der Waals surface area contributed by atoms with Gasteiger partial charge in [-0.05, 0) is 32.9 Å². The Kier molecular flexibility index (Phi) is 6.19. The summed E-state index contributed by atoms with van der Waals surface area (Å²) in [6, 6.07) is 3.09. The molecule has 0 unspecified atom stereocenters. The van der Waals surface area contributed by atoms with Crippen molar-refractivity contribution in [2.75, 3.05) is 19.0 Å². The van der Waals surface area contributed by atoms with Gasteiger partial charge in [0, 0.05) is 25.6 Å². The number of fused-ring (bicyclic) bond motifs is 1. The number of rotatable bonds is 3. The van der Waals surface area contributed by atoms with Gasteiger partial charge in [-0.25, -0.2) is 4.79 Å². The highest BCUT2D eigenvalue weighted by Crippen LogP contribution is 2.35. The first-order valence-corrected chi connectivity index (χ1v) is 10.1. The van der Waals surface area contributed by atoms with Crippen LogP contribution in [-0.4, -0.2) is 45.9 Å². The molecule has 0 saturated carbocycles. The van der Waals surface area contributed by atoms with Crippen LogP contribution in [-0.2, 0) is 24.8 Å². The van der Waals surface area contributed by atoms with E-state index in [-0.39, 0.29) is 27.9 Å². The van der Waals surface area contributed by atoms with Crippen LogP contribution >= 0.6 is 23.2 Å². The van der Waals surface area contributed by atoms with Gasteiger partial charge >= 0.3 is 6.09 Å². The molecule has 0 saturated heterocycles. The third-order valence-electron chi connectivity index (χ3n) is 4.57. The van der Waals surface area contributed by atoms with E-state index in [1.165, 1.54) is 13.2 Å². The molecule has 1 aliphatic rings. The molecule has 0 bridgehead atoms. The van der Waals surface area contributed by atoms with Gasteiger partial charge in [0.05, 0.1) is 29.4 Å². The van der Waals surface area contributed by atoms with Crippen molar-refractivity contribution in [1.82, 2.24) is 14.7 Å². The lowest BCUT2D eigenvalue weighted by Gasteiger charge is -2.30. The molecule has 1 aliphatic heterocycles. The third kappa shape index (κ3) is 4.49. The molecule has 162 valence electrons. The fourth-order valence-corrected chi connectivity index (χ4v) is 3.72. The van der Waals surface area contributed by atoms with Crippen LogP contribution in [0.5, 0.6) is 5.75 Å². The van der Waals surface area contributed by atoms with Gasteiger partial charge in [0.25, 0.3) is 5.91 Å². The minimum absolute atomic E-state index is 0.126. The quantitative estimate of drug-likeness (QED) is 0.747. The van der Waals surface area contributed by atoms with E-state index >= 15 is 0 Å². The van der Waals surface area contributed by atoms with Gasteiger partial charge in [-0.2, -0.15) is 5.10 Å². The number of amides is 2. The lowest BCUT2D eigenvalue weighted by Crippen LogP contribution is -2.40. The lowest BCUT2D eigenvalue weighted by atomic mass is 10.1. The topological polar surface area (TPSA) is 85.7 Å². The van der Waals surface area contributed by atoms with E-state index in [4.69, 9.17) is 32.7 Å². The standard InChI is InChI=1S/C20H24Cl2N4O4/c1-20(2,3)30-19(28)26-9-8-14-11(10-26)17(25(4)24-14)23-18(27)15-12(21)6-7-13(22)16(15)29-5/h6-7H,8-10H2,1-5H3,(H,23,27). The number of anilines is 1. The fraction of sp³-hybridized carbons (Fsp3) is 0.450. The predicted molar refractivity (Wildman–Crippen MR) is 115 cm³/mol. The summed E-state index contributed by atoms with van der Waals surface area (Å²) in [6.45, 7) is 6.21. The van der Waals surface area contributed by atoms with Crippen molar-refractivity contribution in [2.45, 2.75) is 39.3 Å². The molecule has 1 N–H and O–H groups in total. The summed E-state index contributed by atoms with van der Waals surface area (Å²) in [5, 5.41) is 7.81. The van der Waals surface area contributed by atoms with Crippen molar-refractivity contribution in [3.05, 3.63) is 39.0 Å². The SMILES string of the molecule is COc1c(Cl)ccc(Cl)c1C(=O)Nc1c2c(nn1C)CCN(C(=O)OC(C)(C)C)C2. The number of hydrogen-bond donors (Lipinski definition) is 1. The zero-order valence-electron chi connectivity index (χ0n) is 17.5. The highest BCUT2D eigenvalue weighted by molar-refractivity contribution is 6.37. The number of methoxy groups -OCH3 is 1. The Morgan fingerprint density at radius 2 is 1.87 bits per heavy atom. The summed E-state index contributed by atoms with van der Waals surface area (Å²) >= 11 is 12.4. The van der Waals surface area contributed by atoms with E-state index in [1.807, 2.05) is 20.8 Å². The maximum Gasteiger partial charge on any atom is 0.410 e. The Morgan fingerprint density at radius 1 is 1.20 bits per heavy atom. The van der Waals surface area contributed by atoms with Crippen molar-refractivity contribution in [1.29, 1.82) is 0 Å². The summed E-state index contributed by atoms with van der Waals surface area (Å²) in [4.78, 5) is 27.1. The zero-order chi connectivity index (χ0) is 22.2. The summed E-state index contributed by atoms with van der Waals surface area (Å²) in [5.74, 6) is 0.175. The van der Waals surface area contributed by atoms with Crippen LogP contribution in [0.4, 0.5) is 10.6 Å². The Labute approximate surface area is 185 Å². The van der Waals surface area contributed by atoms with E-state index in [2.05, 4.69) is 10.4 Å². The number of nitrogens with one attached hydrogen (secondary N) is 1. The molecule has 2 aromatic rings. The monoisotopic (exact) mass is 454 g/mol. The van der Waals surface area contributed by atoms with Crippen molar-refractivity contribution in [3.8, 4) is 5.75 Å². The Morgan fingerprint density at radius 3 is 2.50 bits per heavy atom. The van der Waals surface area contributed by atoms with Crippen molar-refractivity contribution in [3.63, 3.8) is 0 Å². The molecule has 0 radical (unpaired) electrons. The molecule has 0 spiro atoms. The van der Waals surface area contributed by atoms with Crippen LogP contribution in [0.1, 0.15) is 42.4 Å². The molecule has 0 atom stereocenters. The largest absolute Gasteiger partial charge is 0.494 e. The molecule has 8 nitrogen and oxygen atoms in total. The second-order valence-electron chi connectivity index (χ2n) is 7.94. The second-order valence-corrected chi connectivity index (χ2v) is 8.76. The summed E-state index contributed by atoms with van der Waals surface area (Å²) in [5.41, 5.74) is 1.10. The number of aryl methyl sites for hydroxylation is 1. The van der Waals surface area contributed by atoms with Crippen molar-refractivity contribution >= 4 is 41.0 Å². The van der Waals surface area contributed by atoms with Gasteiger partial charge in [-0.1, -0.05) is 23.2 Å². The maximum absolute atomic E-state index is 13.0. The second kappa shape index (κ2) is 8.35. The van der Waals surface area contributed by atoms with Crippen LogP contribution in [0.25, 0.3) is 0 Å². The van der Waals surface area contributed by atoms with Crippen molar-refractivity contribution < 1.29 is 19.1 Å². The van der Waals surface area contributed by atoms with Crippen LogP contribution in [0.15, 0.2) is 12.1 Å². The normalized spacial score (nSPS) is 13.6. The maximum atomic E-state index is 13.0. The minimum atomic E-state index is -0.594. The van der Waals surface area contributed by atoms with Crippen LogP contribution in [0.3, 0.4) is 0 Å². The Bertz CT molecular complexity index is 998. The molecule has 0 fully saturated rings. The van der Waals surface area contributed by atoms with E-state index < -0.39 is 17.6 Å². The molecule has 1 aromatic heterocycles. The van der Waals surface area contributed by atoms with Gasteiger partial charge in [0.15, 0.2) is 5.75 Å². The van der Waals surface area contributed by atoms with E-state index in [9.17, 15) is 9.59 Å². The molecule has 2 heterocycles. The van der Waals surface area contributed by atoms with Crippen molar-refractivity contribution in [2.24, 2.45) is 7.05 Å². The molecule has 1 aromatic carbocycles. The molecule has 0 aliphatic carbocycles. The summed E-state index contributed by atoms with van der Waals surface area (Å²) in [6.07, 6.45) is 0.147.